The molecule has 1 fully saturated rings. The third kappa shape index (κ3) is 2.70. The molecule has 2 N–H and O–H groups in total. The van der Waals surface area contributed by atoms with Crippen molar-refractivity contribution >= 4 is 10.9 Å². The lowest BCUT2D eigenvalue weighted by molar-refractivity contribution is -0.942. The van der Waals surface area contributed by atoms with Crippen molar-refractivity contribution in [1.82, 2.24) is 4.98 Å². The van der Waals surface area contributed by atoms with Gasteiger partial charge < -0.3 is 9.88 Å². The van der Waals surface area contributed by atoms with Crippen molar-refractivity contribution < 1.29 is 4.90 Å². The van der Waals surface area contributed by atoms with E-state index in [4.69, 9.17) is 0 Å². The second-order valence-electron chi connectivity index (χ2n) is 7.04. The van der Waals surface area contributed by atoms with Gasteiger partial charge in [-0.1, -0.05) is 6.07 Å². The summed E-state index contributed by atoms with van der Waals surface area (Å²) in [6.45, 7) is 10.5. The summed E-state index contributed by atoms with van der Waals surface area (Å²) in [6, 6.07) is 4.84. The number of aromatic nitrogens is 1. The Morgan fingerprint density at radius 1 is 1.23 bits per heavy atom. The molecule has 118 valence electrons. The number of fused-ring (bicyclic) bond motifs is 1. The Hall–Kier alpha value is -1.61. The number of likely N-dealkylation sites (tertiary alicyclic amines) is 1. The molecule has 1 saturated heterocycles. The Labute approximate surface area is 132 Å². The maximum absolute atomic E-state index is 13.0. The molecule has 2 heterocycles. The van der Waals surface area contributed by atoms with Crippen molar-refractivity contribution in [2.45, 2.75) is 59.5 Å². The molecule has 2 aromatic rings. The molecule has 1 aromatic heterocycles. The van der Waals surface area contributed by atoms with Crippen LogP contribution >= 0.6 is 0 Å². The zero-order valence-corrected chi connectivity index (χ0v) is 14.2. The topological polar surface area (TPSA) is 37.3 Å². The van der Waals surface area contributed by atoms with E-state index in [1.165, 1.54) is 31.4 Å². The number of aryl methyl sites for hydroxylation is 3. The molecule has 0 spiro atoms. The maximum atomic E-state index is 13.0. The molecule has 1 aliphatic rings. The fourth-order valence-corrected chi connectivity index (χ4v) is 3.92. The van der Waals surface area contributed by atoms with Gasteiger partial charge in [-0.2, -0.15) is 0 Å². The molecule has 0 amide bonds. The highest BCUT2D eigenvalue weighted by Crippen LogP contribution is 2.17. The summed E-state index contributed by atoms with van der Waals surface area (Å²) < 4.78 is 0. The fraction of sp³-hybridized carbons (Fsp3) is 0.526. The van der Waals surface area contributed by atoms with E-state index in [0.717, 1.165) is 34.3 Å². The minimum atomic E-state index is 0.231. The van der Waals surface area contributed by atoms with E-state index in [2.05, 4.69) is 31.0 Å². The lowest BCUT2D eigenvalue weighted by Gasteiger charge is -2.30. The Morgan fingerprint density at radius 2 is 2.00 bits per heavy atom. The molecule has 3 rings (SSSR count). The molecule has 2 unspecified atom stereocenters. The van der Waals surface area contributed by atoms with Crippen LogP contribution in [0.3, 0.4) is 0 Å². The first-order chi connectivity index (χ1) is 10.5. The van der Waals surface area contributed by atoms with Crippen LogP contribution in [0.5, 0.6) is 0 Å². The minimum absolute atomic E-state index is 0.231. The number of benzene rings is 1. The van der Waals surface area contributed by atoms with Gasteiger partial charge in [-0.3, -0.25) is 4.79 Å². The van der Waals surface area contributed by atoms with Crippen LogP contribution in [0.2, 0.25) is 0 Å². The number of nitrogens with one attached hydrogen (secondary N) is 2. The summed E-state index contributed by atoms with van der Waals surface area (Å²) in [7, 11) is 0. The number of quaternary nitrogens is 1. The zero-order valence-electron chi connectivity index (χ0n) is 14.2. The van der Waals surface area contributed by atoms with E-state index < -0.39 is 0 Å². The number of hydrogen-bond donors (Lipinski definition) is 2. The van der Waals surface area contributed by atoms with E-state index in [1.807, 2.05) is 13.8 Å². The number of H-pyrrole nitrogens is 1. The number of aromatic amines is 1. The van der Waals surface area contributed by atoms with Crippen molar-refractivity contribution in [3.63, 3.8) is 0 Å². The molecule has 0 aliphatic carbocycles. The largest absolute Gasteiger partial charge is 0.358 e. The standard InChI is InChI=1S/C19H26N2O/c1-12-9-13(2)18-17(10-12)20-15(4)16(19(18)22)11-21-8-6-5-7-14(21)3/h9-10,14H,5-8,11H2,1-4H3,(H,20,22)/p+1. The fourth-order valence-electron chi connectivity index (χ4n) is 3.92. The summed E-state index contributed by atoms with van der Waals surface area (Å²) in [4.78, 5) is 18.1. The molecule has 0 radical (unpaired) electrons. The van der Waals surface area contributed by atoms with E-state index in [0.29, 0.717) is 6.04 Å². The van der Waals surface area contributed by atoms with Crippen LogP contribution in [-0.2, 0) is 6.54 Å². The highest BCUT2D eigenvalue weighted by molar-refractivity contribution is 5.83. The predicted octanol–water partition coefficient (Wildman–Crippen LogP) is 2.41. The van der Waals surface area contributed by atoms with E-state index >= 15 is 0 Å². The summed E-state index contributed by atoms with van der Waals surface area (Å²) in [5, 5.41) is 0.871. The van der Waals surface area contributed by atoms with Crippen molar-refractivity contribution in [3.05, 3.63) is 44.7 Å². The van der Waals surface area contributed by atoms with E-state index in [1.54, 1.807) is 4.90 Å². The first-order valence-electron chi connectivity index (χ1n) is 8.44. The number of pyridine rings is 1. The molecule has 3 heteroatoms. The first-order valence-corrected chi connectivity index (χ1v) is 8.44. The van der Waals surface area contributed by atoms with Gasteiger partial charge in [-0.05, 0) is 64.2 Å². The average Bonchev–Trinajstić information content (AvgIpc) is 2.44. The smallest absolute Gasteiger partial charge is 0.198 e. The first kappa shape index (κ1) is 15.3. The molecule has 1 aromatic carbocycles. The second-order valence-corrected chi connectivity index (χ2v) is 7.04. The van der Waals surface area contributed by atoms with Crippen LogP contribution in [-0.4, -0.2) is 17.6 Å². The van der Waals surface area contributed by atoms with Gasteiger partial charge in [-0.25, -0.2) is 0 Å². The zero-order chi connectivity index (χ0) is 15.9. The molecule has 22 heavy (non-hydrogen) atoms. The second kappa shape index (κ2) is 5.88. The monoisotopic (exact) mass is 299 g/mol. The Morgan fingerprint density at radius 3 is 2.73 bits per heavy atom. The van der Waals surface area contributed by atoms with Gasteiger partial charge in [0, 0.05) is 11.1 Å². The average molecular weight is 299 g/mol. The molecule has 0 saturated carbocycles. The van der Waals surface area contributed by atoms with Gasteiger partial charge >= 0.3 is 0 Å². The lowest BCUT2D eigenvalue weighted by atomic mass is 9.99. The van der Waals surface area contributed by atoms with Crippen LogP contribution in [0.25, 0.3) is 10.9 Å². The third-order valence-corrected chi connectivity index (χ3v) is 5.24. The van der Waals surface area contributed by atoms with Gasteiger partial charge in [-0.15, -0.1) is 0 Å². The molecule has 3 nitrogen and oxygen atoms in total. The number of hydrogen-bond acceptors (Lipinski definition) is 1. The van der Waals surface area contributed by atoms with E-state index in [9.17, 15) is 4.79 Å². The van der Waals surface area contributed by atoms with Crippen LogP contribution in [0.4, 0.5) is 0 Å². The van der Waals surface area contributed by atoms with Gasteiger partial charge in [0.2, 0.25) is 0 Å². The SMILES string of the molecule is Cc1cc(C)c2c(=O)c(C[NH+]3CCCCC3C)c(C)[nH]c2c1. The molecule has 1 aliphatic heterocycles. The highest BCUT2D eigenvalue weighted by atomic mass is 16.1. The molecule has 2 atom stereocenters. The molecular formula is C19H27N2O+. The van der Waals surface area contributed by atoms with Crippen LogP contribution in [0.15, 0.2) is 16.9 Å². The van der Waals surface area contributed by atoms with Crippen molar-refractivity contribution in [1.29, 1.82) is 0 Å². The lowest BCUT2D eigenvalue weighted by Crippen LogP contribution is -3.15. The van der Waals surface area contributed by atoms with Crippen molar-refractivity contribution in [2.24, 2.45) is 0 Å². The Balaban J connectivity index is 2.08. The highest BCUT2D eigenvalue weighted by Gasteiger charge is 2.24. The summed E-state index contributed by atoms with van der Waals surface area (Å²) in [5.74, 6) is 0. The van der Waals surface area contributed by atoms with Crippen LogP contribution in [0, 0.1) is 20.8 Å². The molecule has 0 bridgehead atoms. The predicted molar refractivity (Wildman–Crippen MR) is 91.6 cm³/mol. The minimum Gasteiger partial charge on any atom is -0.358 e. The summed E-state index contributed by atoms with van der Waals surface area (Å²) in [6.07, 6.45) is 3.89. The molecular weight excluding hydrogens is 272 g/mol. The van der Waals surface area contributed by atoms with Gasteiger partial charge in [0.15, 0.2) is 5.43 Å². The summed E-state index contributed by atoms with van der Waals surface area (Å²) >= 11 is 0. The summed E-state index contributed by atoms with van der Waals surface area (Å²) in [5.41, 5.74) is 5.50. The quantitative estimate of drug-likeness (QED) is 0.878. The van der Waals surface area contributed by atoms with Crippen molar-refractivity contribution in [3.8, 4) is 0 Å². The number of rotatable bonds is 2. The van der Waals surface area contributed by atoms with Crippen LogP contribution in [0.1, 0.15) is 48.6 Å². The Bertz CT molecular complexity index is 760. The maximum Gasteiger partial charge on any atom is 0.198 e. The number of piperidine rings is 1. The third-order valence-electron chi connectivity index (χ3n) is 5.24. The van der Waals surface area contributed by atoms with Crippen molar-refractivity contribution in [2.75, 3.05) is 6.54 Å². The Kier molecular flexibility index (Phi) is 4.09. The van der Waals surface area contributed by atoms with Gasteiger partial charge in [0.25, 0.3) is 0 Å². The van der Waals surface area contributed by atoms with Gasteiger partial charge in [0.05, 0.1) is 23.7 Å². The normalized spacial score (nSPS) is 22.2. The van der Waals surface area contributed by atoms with Gasteiger partial charge in [0.1, 0.15) is 6.54 Å². The van der Waals surface area contributed by atoms with Crippen LogP contribution < -0.4 is 10.3 Å². The van der Waals surface area contributed by atoms with E-state index in [-0.39, 0.29) is 5.43 Å².